The lowest BCUT2D eigenvalue weighted by Gasteiger charge is -2.40. The van der Waals surface area contributed by atoms with Gasteiger partial charge in [-0.3, -0.25) is 4.79 Å². The molecule has 0 N–H and O–H groups in total. The Morgan fingerprint density at radius 1 is 1.32 bits per heavy atom. The molecule has 1 aliphatic rings. The molecule has 1 saturated carbocycles. The van der Waals surface area contributed by atoms with E-state index in [0.717, 1.165) is 24.8 Å². The Hall–Kier alpha value is -1.15. The molecular weight excluding hydrogens is 236 g/mol. The molecule has 1 aromatic carbocycles. The topological polar surface area (TPSA) is 26.3 Å². The van der Waals surface area contributed by atoms with Crippen LogP contribution in [0.25, 0.3) is 0 Å². The highest BCUT2D eigenvalue weighted by Crippen LogP contribution is 2.38. The molecule has 2 rings (SSSR count). The maximum Gasteiger partial charge on any atom is 0.165 e. The van der Waals surface area contributed by atoms with Gasteiger partial charge in [-0.05, 0) is 37.2 Å². The summed E-state index contributed by atoms with van der Waals surface area (Å²) in [5.41, 5.74) is 1.95. The number of methoxy groups -OCH3 is 1. The van der Waals surface area contributed by atoms with Crippen LogP contribution in [0.2, 0.25) is 0 Å². The van der Waals surface area contributed by atoms with Gasteiger partial charge in [0.25, 0.3) is 0 Å². The quantitative estimate of drug-likeness (QED) is 0.711. The lowest BCUT2D eigenvalue weighted by molar-refractivity contribution is -0.0704. The van der Waals surface area contributed by atoms with Gasteiger partial charge in [-0.1, -0.05) is 38.1 Å². The summed E-state index contributed by atoms with van der Waals surface area (Å²) >= 11 is 0. The molecule has 0 amide bonds. The molecule has 0 aliphatic heterocycles. The van der Waals surface area contributed by atoms with Gasteiger partial charge in [-0.25, -0.2) is 0 Å². The summed E-state index contributed by atoms with van der Waals surface area (Å²) in [5, 5.41) is 0. The molecule has 0 aromatic heterocycles. The summed E-state index contributed by atoms with van der Waals surface area (Å²) in [6.07, 6.45) is 4.85. The van der Waals surface area contributed by atoms with E-state index in [2.05, 4.69) is 26.0 Å². The van der Waals surface area contributed by atoms with Gasteiger partial charge < -0.3 is 4.74 Å². The summed E-state index contributed by atoms with van der Waals surface area (Å²) in [7, 11) is 1.72. The number of Topliss-reactive ketones (excluding diaryl/α,β-unsaturated/α-hetero) is 1. The van der Waals surface area contributed by atoms with Crippen LogP contribution in [0.4, 0.5) is 0 Å². The summed E-state index contributed by atoms with van der Waals surface area (Å²) in [4.78, 5) is 12.3. The van der Waals surface area contributed by atoms with E-state index in [-0.39, 0.29) is 11.4 Å². The van der Waals surface area contributed by atoms with E-state index in [1.54, 1.807) is 7.11 Å². The second kappa shape index (κ2) is 5.87. The molecule has 0 bridgehead atoms. The average molecular weight is 260 g/mol. The van der Waals surface area contributed by atoms with Gasteiger partial charge in [0.2, 0.25) is 0 Å². The van der Waals surface area contributed by atoms with Crippen molar-refractivity contribution in [3.8, 4) is 0 Å². The maximum absolute atomic E-state index is 12.3. The van der Waals surface area contributed by atoms with Crippen LogP contribution < -0.4 is 0 Å². The van der Waals surface area contributed by atoms with Gasteiger partial charge in [0.1, 0.15) is 0 Å². The summed E-state index contributed by atoms with van der Waals surface area (Å²) in [5.74, 6) is 0.762. The van der Waals surface area contributed by atoms with Crippen molar-refractivity contribution in [2.45, 2.75) is 57.5 Å². The van der Waals surface area contributed by atoms with E-state index in [1.807, 2.05) is 12.1 Å². The van der Waals surface area contributed by atoms with Crippen molar-refractivity contribution in [2.24, 2.45) is 0 Å². The number of ether oxygens (including phenoxy) is 1. The highest BCUT2D eigenvalue weighted by atomic mass is 16.5. The number of ketones is 1. The van der Waals surface area contributed by atoms with Crippen LogP contribution in [0.15, 0.2) is 24.3 Å². The van der Waals surface area contributed by atoms with Crippen molar-refractivity contribution >= 4 is 5.78 Å². The smallest absolute Gasteiger partial charge is 0.165 e. The predicted octanol–water partition coefficient (Wildman–Crippen LogP) is 4.34. The van der Waals surface area contributed by atoms with Crippen LogP contribution in [-0.2, 0) is 4.74 Å². The van der Waals surface area contributed by atoms with E-state index in [1.165, 1.54) is 12.0 Å². The van der Waals surface area contributed by atoms with Crippen LogP contribution in [0, 0.1) is 0 Å². The van der Waals surface area contributed by atoms with E-state index in [9.17, 15) is 4.79 Å². The number of rotatable bonds is 6. The van der Waals surface area contributed by atoms with E-state index >= 15 is 0 Å². The molecule has 1 fully saturated rings. The molecule has 2 heteroatoms. The summed E-state index contributed by atoms with van der Waals surface area (Å²) in [6.45, 7) is 4.40. The lowest BCUT2D eigenvalue weighted by atomic mass is 9.75. The second-order valence-corrected chi connectivity index (χ2v) is 5.77. The first kappa shape index (κ1) is 14.3. The Bertz CT molecular complexity index is 424. The van der Waals surface area contributed by atoms with Gasteiger partial charge in [0.15, 0.2) is 5.78 Å². The SMILES string of the molecule is CCC(C)c1ccc(C(=O)CC2(OC)CCC2)cc1. The van der Waals surface area contributed by atoms with Gasteiger partial charge in [-0.2, -0.15) is 0 Å². The maximum atomic E-state index is 12.3. The highest BCUT2D eigenvalue weighted by Gasteiger charge is 2.39. The zero-order valence-electron chi connectivity index (χ0n) is 12.2. The van der Waals surface area contributed by atoms with Crippen LogP contribution in [0.5, 0.6) is 0 Å². The fourth-order valence-electron chi connectivity index (χ4n) is 2.65. The molecule has 1 atom stereocenters. The standard InChI is InChI=1S/C17H24O2/c1-4-13(2)14-6-8-15(9-7-14)16(18)12-17(19-3)10-5-11-17/h6-9,13H,4-5,10-12H2,1-3H3. The molecule has 0 spiro atoms. The lowest BCUT2D eigenvalue weighted by Crippen LogP contribution is -2.41. The third-order valence-electron chi connectivity index (χ3n) is 4.59. The van der Waals surface area contributed by atoms with Crippen LogP contribution in [-0.4, -0.2) is 18.5 Å². The van der Waals surface area contributed by atoms with E-state index in [0.29, 0.717) is 12.3 Å². The number of carbonyl (C=O) groups is 1. The molecule has 2 nitrogen and oxygen atoms in total. The summed E-state index contributed by atoms with van der Waals surface area (Å²) in [6, 6.07) is 8.10. The van der Waals surface area contributed by atoms with Crippen molar-refractivity contribution in [1.82, 2.24) is 0 Å². The Balaban J connectivity index is 2.03. The van der Waals surface area contributed by atoms with Gasteiger partial charge >= 0.3 is 0 Å². The van der Waals surface area contributed by atoms with Crippen molar-refractivity contribution in [3.05, 3.63) is 35.4 Å². The minimum atomic E-state index is -0.174. The minimum absolute atomic E-state index is 0.174. The van der Waals surface area contributed by atoms with Crippen molar-refractivity contribution in [3.63, 3.8) is 0 Å². The normalized spacial score (nSPS) is 18.7. The van der Waals surface area contributed by atoms with Gasteiger partial charge in [0, 0.05) is 19.1 Å². The molecule has 1 aliphatic carbocycles. The summed E-state index contributed by atoms with van der Waals surface area (Å²) < 4.78 is 5.52. The number of hydrogen-bond donors (Lipinski definition) is 0. The Morgan fingerprint density at radius 3 is 2.37 bits per heavy atom. The highest BCUT2D eigenvalue weighted by molar-refractivity contribution is 5.96. The van der Waals surface area contributed by atoms with Crippen molar-refractivity contribution < 1.29 is 9.53 Å². The minimum Gasteiger partial charge on any atom is -0.378 e. The average Bonchev–Trinajstić information content (AvgIpc) is 2.42. The molecule has 0 heterocycles. The van der Waals surface area contributed by atoms with Crippen LogP contribution in [0.3, 0.4) is 0 Å². The Morgan fingerprint density at radius 2 is 1.95 bits per heavy atom. The molecule has 0 saturated heterocycles. The van der Waals surface area contributed by atoms with Gasteiger partial charge in [0.05, 0.1) is 5.60 Å². The first-order valence-corrected chi connectivity index (χ1v) is 7.28. The molecule has 1 aromatic rings. The number of carbonyl (C=O) groups excluding carboxylic acids is 1. The van der Waals surface area contributed by atoms with Crippen molar-refractivity contribution in [2.75, 3.05) is 7.11 Å². The first-order chi connectivity index (χ1) is 9.10. The monoisotopic (exact) mass is 260 g/mol. The zero-order chi connectivity index (χ0) is 13.9. The zero-order valence-corrected chi connectivity index (χ0v) is 12.2. The molecular formula is C17H24O2. The number of benzene rings is 1. The largest absolute Gasteiger partial charge is 0.378 e. The number of hydrogen-bond acceptors (Lipinski definition) is 2. The third-order valence-corrected chi connectivity index (χ3v) is 4.59. The third kappa shape index (κ3) is 3.06. The molecule has 19 heavy (non-hydrogen) atoms. The van der Waals surface area contributed by atoms with E-state index < -0.39 is 0 Å². The van der Waals surface area contributed by atoms with Crippen LogP contribution in [0.1, 0.15) is 67.8 Å². The molecule has 104 valence electrons. The second-order valence-electron chi connectivity index (χ2n) is 5.77. The van der Waals surface area contributed by atoms with Crippen LogP contribution >= 0.6 is 0 Å². The molecule has 0 radical (unpaired) electrons. The molecule has 1 unspecified atom stereocenters. The predicted molar refractivity (Wildman–Crippen MR) is 77.7 cm³/mol. The fraction of sp³-hybridized carbons (Fsp3) is 0.588. The first-order valence-electron chi connectivity index (χ1n) is 7.28. The van der Waals surface area contributed by atoms with Gasteiger partial charge in [-0.15, -0.1) is 0 Å². The van der Waals surface area contributed by atoms with E-state index in [4.69, 9.17) is 4.74 Å². The fourth-order valence-corrected chi connectivity index (χ4v) is 2.65. The van der Waals surface area contributed by atoms with Crippen molar-refractivity contribution in [1.29, 1.82) is 0 Å². The Kier molecular flexibility index (Phi) is 4.41. The Labute approximate surface area is 116 Å².